The number of rotatable bonds is 11. The number of anilines is 1. The van der Waals surface area contributed by atoms with Gasteiger partial charge >= 0.3 is 6.09 Å². The van der Waals surface area contributed by atoms with Crippen LogP contribution in [0.15, 0.2) is 53.3 Å². The molecule has 0 aliphatic heterocycles. The van der Waals surface area contributed by atoms with Crippen LogP contribution in [-0.2, 0) is 29.0 Å². The standard InChI is InChI=1S/C30H40BrN5O3Si/c1-30(2,3)39-29(37)35-28-33-23-15-16-32-26(25(23)34-28)24-19-22(14-10-13-21-11-8-7-9-12-21)27(31)36(24)20-38-17-18-40(4,5)6/h7-9,11-12,15-16,19H,10,13-14,17-18,20H2,1-6H3,(H2,33,34,35,37). The number of nitrogens with one attached hydrogen (secondary N) is 2. The Balaban J connectivity index is 1.62. The molecule has 3 aromatic heterocycles. The maximum absolute atomic E-state index is 12.3. The second-order valence-electron chi connectivity index (χ2n) is 12.2. The second-order valence-corrected chi connectivity index (χ2v) is 18.6. The molecule has 8 nitrogen and oxygen atoms in total. The van der Waals surface area contributed by atoms with Gasteiger partial charge in [0.05, 0.1) is 15.8 Å². The molecule has 0 aliphatic rings. The summed E-state index contributed by atoms with van der Waals surface area (Å²) in [7, 11) is -1.21. The minimum Gasteiger partial charge on any atom is -0.444 e. The number of amides is 1. The highest BCUT2D eigenvalue weighted by Gasteiger charge is 2.22. The van der Waals surface area contributed by atoms with Gasteiger partial charge in [-0.25, -0.2) is 9.78 Å². The van der Waals surface area contributed by atoms with Gasteiger partial charge in [0.15, 0.2) is 0 Å². The fourth-order valence-corrected chi connectivity index (χ4v) is 5.69. The number of fused-ring (bicyclic) bond motifs is 1. The normalized spacial score (nSPS) is 12.2. The predicted molar refractivity (Wildman–Crippen MR) is 167 cm³/mol. The van der Waals surface area contributed by atoms with Gasteiger partial charge in [-0.1, -0.05) is 50.0 Å². The largest absolute Gasteiger partial charge is 0.444 e. The Bertz CT molecular complexity index is 1440. The van der Waals surface area contributed by atoms with Crippen molar-refractivity contribution in [1.29, 1.82) is 0 Å². The molecule has 0 unspecified atom stereocenters. The van der Waals surface area contributed by atoms with Crippen LogP contribution in [0.5, 0.6) is 0 Å². The summed E-state index contributed by atoms with van der Waals surface area (Å²) in [6, 6.07) is 15.7. The predicted octanol–water partition coefficient (Wildman–Crippen LogP) is 8.02. The summed E-state index contributed by atoms with van der Waals surface area (Å²) >= 11 is 3.87. The number of halogens is 1. The molecule has 0 spiro atoms. The van der Waals surface area contributed by atoms with Crippen LogP contribution >= 0.6 is 15.9 Å². The van der Waals surface area contributed by atoms with Crippen LogP contribution in [0.3, 0.4) is 0 Å². The van der Waals surface area contributed by atoms with E-state index in [4.69, 9.17) is 14.5 Å². The summed E-state index contributed by atoms with van der Waals surface area (Å²) < 4.78 is 14.7. The molecule has 40 heavy (non-hydrogen) atoms. The Labute approximate surface area is 246 Å². The molecular weight excluding hydrogens is 586 g/mol. The Morgan fingerprint density at radius 1 is 1.12 bits per heavy atom. The monoisotopic (exact) mass is 625 g/mol. The van der Waals surface area contributed by atoms with Gasteiger partial charge in [0, 0.05) is 20.9 Å². The van der Waals surface area contributed by atoms with Crippen LogP contribution in [0.25, 0.3) is 22.4 Å². The van der Waals surface area contributed by atoms with Gasteiger partial charge in [-0.2, -0.15) is 0 Å². The van der Waals surface area contributed by atoms with Crippen molar-refractivity contribution in [3.05, 3.63) is 64.4 Å². The Kier molecular flexibility index (Phi) is 9.53. The fraction of sp³-hybridized carbons (Fsp3) is 0.433. The van der Waals surface area contributed by atoms with E-state index in [1.54, 1.807) is 6.20 Å². The molecule has 214 valence electrons. The summed E-state index contributed by atoms with van der Waals surface area (Å²) in [6.45, 7) is 13.6. The lowest BCUT2D eigenvalue weighted by atomic mass is 10.1. The molecule has 0 atom stereocenters. The lowest BCUT2D eigenvalue weighted by Crippen LogP contribution is -2.27. The molecule has 1 amide bonds. The summed E-state index contributed by atoms with van der Waals surface area (Å²) in [6.07, 6.45) is 4.12. The van der Waals surface area contributed by atoms with Crippen LogP contribution in [0.1, 0.15) is 38.3 Å². The molecule has 10 heteroatoms. The quantitative estimate of drug-likeness (QED) is 0.130. The first-order valence-corrected chi connectivity index (χ1v) is 18.2. The van der Waals surface area contributed by atoms with E-state index in [1.807, 2.05) is 32.9 Å². The lowest BCUT2D eigenvalue weighted by molar-refractivity contribution is 0.0635. The number of imidazole rings is 1. The molecule has 0 saturated heterocycles. The van der Waals surface area contributed by atoms with Crippen molar-refractivity contribution in [1.82, 2.24) is 19.5 Å². The number of hydrogen-bond donors (Lipinski definition) is 2. The van der Waals surface area contributed by atoms with Crippen LogP contribution in [-0.4, -0.2) is 45.9 Å². The van der Waals surface area contributed by atoms with E-state index < -0.39 is 19.8 Å². The van der Waals surface area contributed by atoms with Crippen LogP contribution in [0, 0.1) is 0 Å². The van der Waals surface area contributed by atoms with Gasteiger partial charge in [0.1, 0.15) is 23.5 Å². The molecule has 1 aromatic carbocycles. The Morgan fingerprint density at radius 2 is 1.88 bits per heavy atom. The van der Waals surface area contributed by atoms with E-state index in [-0.39, 0.29) is 0 Å². The van der Waals surface area contributed by atoms with Gasteiger partial charge in [-0.3, -0.25) is 10.3 Å². The minimum atomic E-state index is -1.21. The number of aromatic nitrogens is 4. The van der Waals surface area contributed by atoms with Crippen LogP contribution in [0.4, 0.5) is 10.7 Å². The lowest BCUT2D eigenvalue weighted by Gasteiger charge is -2.18. The van der Waals surface area contributed by atoms with Crippen molar-refractivity contribution >= 4 is 47.1 Å². The van der Waals surface area contributed by atoms with Crippen molar-refractivity contribution in [2.24, 2.45) is 0 Å². The fourth-order valence-electron chi connectivity index (χ4n) is 4.32. The smallest absolute Gasteiger partial charge is 0.414 e. The first-order valence-electron chi connectivity index (χ1n) is 13.7. The van der Waals surface area contributed by atoms with Crippen molar-refractivity contribution in [2.75, 3.05) is 11.9 Å². The third-order valence-corrected chi connectivity index (χ3v) is 8.98. The maximum Gasteiger partial charge on any atom is 0.414 e. The van der Waals surface area contributed by atoms with E-state index in [0.29, 0.717) is 24.8 Å². The van der Waals surface area contributed by atoms with Crippen molar-refractivity contribution in [3.63, 3.8) is 0 Å². The second kappa shape index (κ2) is 12.7. The van der Waals surface area contributed by atoms with E-state index in [2.05, 4.69) is 85.8 Å². The van der Waals surface area contributed by atoms with E-state index in [0.717, 1.165) is 46.8 Å². The SMILES string of the molecule is CC(C)(C)OC(=O)Nc1nc2c(-c3cc(CCCc4ccccc4)c(Br)n3COCC[Si](C)(C)C)nccc2[nH]1. The Morgan fingerprint density at radius 3 is 2.58 bits per heavy atom. The highest BCUT2D eigenvalue weighted by molar-refractivity contribution is 9.10. The molecular formula is C30H40BrN5O3Si. The zero-order valence-corrected chi connectivity index (χ0v) is 26.9. The molecule has 4 aromatic rings. The highest BCUT2D eigenvalue weighted by Crippen LogP contribution is 2.33. The average molecular weight is 627 g/mol. The molecule has 3 heterocycles. The number of aromatic amines is 1. The summed E-state index contributed by atoms with van der Waals surface area (Å²) in [5.74, 6) is 0.310. The number of ether oxygens (including phenoxy) is 2. The molecule has 2 N–H and O–H groups in total. The number of carbonyl (C=O) groups is 1. The van der Waals surface area contributed by atoms with E-state index >= 15 is 0 Å². The topological polar surface area (TPSA) is 94.1 Å². The zero-order valence-electron chi connectivity index (χ0n) is 24.3. The number of aryl methyl sites for hydroxylation is 2. The van der Waals surface area contributed by atoms with E-state index in [9.17, 15) is 4.79 Å². The molecule has 0 aliphatic carbocycles. The van der Waals surface area contributed by atoms with Gasteiger partial charge in [0.2, 0.25) is 5.95 Å². The number of pyridine rings is 1. The van der Waals surface area contributed by atoms with Crippen molar-refractivity contribution in [3.8, 4) is 11.4 Å². The Hall–Kier alpha value is -2.95. The summed E-state index contributed by atoms with van der Waals surface area (Å²) in [5, 5.41) is 2.70. The van der Waals surface area contributed by atoms with E-state index in [1.165, 1.54) is 11.1 Å². The number of hydrogen-bond acceptors (Lipinski definition) is 5. The molecule has 0 radical (unpaired) electrons. The average Bonchev–Trinajstić information content (AvgIpc) is 3.41. The third kappa shape index (κ3) is 8.28. The van der Waals surface area contributed by atoms with Crippen molar-refractivity contribution in [2.45, 2.75) is 78.1 Å². The first kappa shape index (κ1) is 30.0. The highest BCUT2D eigenvalue weighted by atomic mass is 79.9. The number of benzene rings is 1. The number of H-pyrrole nitrogens is 1. The summed E-state index contributed by atoms with van der Waals surface area (Å²) in [5.41, 5.74) is 4.98. The third-order valence-electron chi connectivity index (χ3n) is 6.34. The molecule has 0 saturated carbocycles. The minimum absolute atomic E-state index is 0.310. The van der Waals surface area contributed by atoms with Crippen LogP contribution in [0.2, 0.25) is 25.7 Å². The number of nitrogens with zero attached hydrogens (tertiary/aromatic N) is 3. The maximum atomic E-state index is 12.3. The van der Waals surface area contributed by atoms with Gasteiger partial charge in [-0.05, 0) is 85.3 Å². The van der Waals surface area contributed by atoms with Crippen molar-refractivity contribution < 1.29 is 14.3 Å². The number of carbonyl (C=O) groups excluding carboxylic acids is 1. The first-order chi connectivity index (χ1) is 18.9. The molecule has 4 rings (SSSR count). The zero-order chi connectivity index (χ0) is 28.9. The summed E-state index contributed by atoms with van der Waals surface area (Å²) in [4.78, 5) is 24.9. The van der Waals surface area contributed by atoms with Gasteiger partial charge in [0.25, 0.3) is 0 Å². The van der Waals surface area contributed by atoms with Gasteiger partial charge < -0.3 is 19.0 Å². The van der Waals surface area contributed by atoms with Crippen LogP contribution < -0.4 is 5.32 Å². The van der Waals surface area contributed by atoms with Gasteiger partial charge in [-0.15, -0.1) is 0 Å². The molecule has 0 fully saturated rings. The molecule has 0 bridgehead atoms.